The third-order valence-electron chi connectivity index (χ3n) is 3.98. The Kier molecular flexibility index (Phi) is 4.93. The monoisotopic (exact) mass is 334 g/mol. The Morgan fingerprint density at radius 3 is 2.37 bits per heavy atom. The van der Waals surface area contributed by atoms with Crippen LogP contribution >= 0.6 is 15.9 Å². The number of alkyl halides is 4. The topological polar surface area (TPSA) is 0 Å². The fourth-order valence-corrected chi connectivity index (χ4v) is 4.00. The molecule has 3 unspecified atom stereocenters. The fraction of sp³-hybridized carbons (Fsp3) is 0.600. The summed E-state index contributed by atoms with van der Waals surface area (Å²) < 4.78 is 39.2. The lowest BCUT2D eigenvalue weighted by Crippen LogP contribution is -2.38. The molecule has 0 bridgehead atoms. The highest BCUT2D eigenvalue weighted by Gasteiger charge is 2.47. The van der Waals surface area contributed by atoms with Gasteiger partial charge < -0.3 is 0 Å². The molecule has 0 radical (unpaired) electrons. The van der Waals surface area contributed by atoms with Gasteiger partial charge in [0.15, 0.2) is 0 Å². The van der Waals surface area contributed by atoms with Gasteiger partial charge in [0.2, 0.25) is 0 Å². The van der Waals surface area contributed by atoms with Crippen LogP contribution in [0.5, 0.6) is 0 Å². The standard InChI is InChI=1S/C15H18BrF3/c16-14(10-11-6-2-1-3-7-11)12-8-4-5-9-13(12)15(17,18)19/h1-3,6-7,12-14H,4-5,8-10H2. The highest BCUT2D eigenvalue weighted by molar-refractivity contribution is 9.09. The summed E-state index contributed by atoms with van der Waals surface area (Å²) in [6, 6.07) is 9.72. The van der Waals surface area contributed by atoms with Gasteiger partial charge >= 0.3 is 6.18 Å². The van der Waals surface area contributed by atoms with Crippen molar-refractivity contribution in [2.75, 3.05) is 0 Å². The van der Waals surface area contributed by atoms with E-state index in [-0.39, 0.29) is 17.2 Å². The largest absolute Gasteiger partial charge is 0.392 e. The van der Waals surface area contributed by atoms with E-state index in [9.17, 15) is 13.2 Å². The third kappa shape index (κ3) is 3.98. The summed E-state index contributed by atoms with van der Waals surface area (Å²) >= 11 is 3.51. The first-order valence-corrected chi connectivity index (χ1v) is 7.65. The molecule has 1 aliphatic rings. The summed E-state index contributed by atoms with van der Waals surface area (Å²) in [7, 11) is 0. The molecule has 1 aromatic carbocycles. The molecule has 1 saturated carbocycles. The number of rotatable bonds is 3. The normalized spacial score (nSPS) is 26.1. The second-order valence-corrected chi connectivity index (χ2v) is 6.48. The Morgan fingerprint density at radius 2 is 1.74 bits per heavy atom. The first kappa shape index (κ1) is 14.9. The van der Waals surface area contributed by atoms with E-state index in [1.165, 1.54) is 0 Å². The zero-order valence-electron chi connectivity index (χ0n) is 10.7. The third-order valence-corrected chi connectivity index (χ3v) is 4.98. The van der Waals surface area contributed by atoms with Crippen LogP contribution in [-0.4, -0.2) is 11.0 Å². The van der Waals surface area contributed by atoms with Crippen LogP contribution in [0.4, 0.5) is 13.2 Å². The van der Waals surface area contributed by atoms with Crippen LogP contribution in [0.25, 0.3) is 0 Å². The van der Waals surface area contributed by atoms with Crippen molar-refractivity contribution in [3.8, 4) is 0 Å². The van der Waals surface area contributed by atoms with E-state index < -0.39 is 12.1 Å². The molecule has 1 fully saturated rings. The molecule has 0 aliphatic heterocycles. The van der Waals surface area contributed by atoms with Gasteiger partial charge in [-0.1, -0.05) is 59.1 Å². The second kappa shape index (κ2) is 6.29. The average molecular weight is 335 g/mol. The van der Waals surface area contributed by atoms with E-state index >= 15 is 0 Å². The molecule has 0 N–H and O–H groups in total. The minimum atomic E-state index is -4.06. The average Bonchev–Trinajstić information content (AvgIpc) is 2.39. The maximum absolute atomic E-state index is 13.1. The van der Waals surface area contributed by atoms with Gasteiger partial charge in [0.05, 0.1) is 5.92 Å². The van der Waals surface area contributed by atoms with Gasteiger partial charge in [-0.15, -0.1) is 0 Å². The zero-order chi connectivity index (χ0) is 13.9. The van der Waals surface area contributed by atoms with Gasteiger partial charge in [0, 0.05) is 4.83 Å². The molecule has 106 valence electrons. The van der Waals surface area contributed by atoms with Crippen molar-refractivity contribution < 1.29 is 13.2 Å². The Bertz CT molecular complexity index is 388. The van der Waals surface area contributed by atoms with Crippen molar-refractivity contribution in [3.63, 3.8) is 0 Å². The Balaban J connectivity index is 2.05. The minimum Gasteiger partial charge on any atom is -0.171 e. The first-order valence-electron chi connectivity index (χ1n) is 6.73. The second-order valence-electron chi connectivity index (χ2n) is 5.30. The van der Waals surface area contributed by atoms with E-state index in [1.807, 2.05) is 30.3 Å². The summed E-state index contributed by atoms with van der Waals surface area (Å²) in [6.07, 6.45) is -0.830. The molecule has 3 atom stereocenters. The fourth-order valence-electron chi connectivity index (χ4n) is 2.99. The van der Waals surface area contributed by atoms with Gasteiger partial charge in [0.25, 0.3) is 0 Å². The number of hydrogen-bond acceptors (Lipinski definition) is 0. The van der Waals surface area contributed by atoms with E-state index in [1.54, 1.807) is 0 Å². The molecule has 0 heterocycles. The summed E-state index contributed by atoms with van der Waals surface area (Å²) in [5.74, 6) is -1.44. The number of hydrogen-bond donors (Lipinski definition) is 0. The lowest BCUT2D eigenvalue weighted by Gasteiger charge is -2.36. The Morgan fingerprint density at radius 1 is 1.11 bits per heavy atom. The first-order chi connectivity index (χ1) is 8.98. The molecule has 19 heavy (non-hydrogen) atoms. The molecular formula is C15H18BrF3. The molecule has 2 rings (SSSR count). The van der Waals surface area contributed by atoms with Gasteiger partial charge in [0.1, 0.15) is 0 Å². The van der Waals surface area contributed by atoms with Crippen LogP contribution in [0.2, 0.25) is 0 Å². The van der Waals surface area contributed by atoms with Crippen molar-refractivity contribution in [2.45, 2.75) is 43.1 Å². The molecule has 1 aromatic rings. The molecule has 0 spiro atoms. The van der Waals surface area contributed by atoms with Crippen molar-refractivity contribution in [1.82, 2.24) is 0 Å². The minimum absolute atomic E-state index is 0.0955. The van der Waals surface area contributed by atoms with Crippen LogP contribution < -0.4 is 0 Å². The van der Waals surface area contributed by atoms with Crippen LogP contribution in [0, 0.1) is 11.8 Å². The van der Waals surface area contributed by atoms with Crippen LogP contribution in [0.1, 0.15) is 31.2 Å². The summed E-state index contributed by atoms with van der Waals surface area (Å²) in [5, 5.41) is 0. The van der Waals surface area contributed by atoms with Gasteiger partial charge in [-0.2, -0.15) is 13.2 Å². The summed E-state index contributed by atoms with van der Waals surface area (Å²) in [5.41, 5.74) is 1.09. The predicted molar refractivity (Wildman–Crippen MR) is 74.4 cm³/mol. The molecule has 1 aliphatic carbocycles. The SMILES string of the molecule is FC(F)(F)C1CCCCC1C(Br)Cc1ccccc1. The quantitative estimate of drug-likeness (QED) is 0.652. The van der Waals surface area contributed by atoms with Crippen molar-refractivity contribution in [3.05, 3.63) is 35.9 Å². The summed E-state index contributed by atoms with van der Waals surface area (Å²) in [4.78, 5) is -0.0955. The van der Waals surface area contributed by atoms with E-state index in [0.717, 1.165) is 12.0 Å². The van der Waals surface area contributed by atoms with Crippen LogP contribution in [0.3, 0.4) is 0 Å². The zero-order valence-corrected chi connectivity index (χ0v) is 12.3. The van der Waals surface area contributed by atoms with Crippen LogP contribution in [-0.2, 0) is 6.42 Å². The van der Waals surface area contributed by atoms with E-state index in [2.05, 4.69) is 15.9 Å². The Hall–Kier alpha value is -0.510. The highest BCUT2D eigenvalue weighted by Crippen LogP contribution is 2.45. The highest BCUT2D eigenvalue weighted by atomic mass is 79.9. The van der Waals surface area contributed by atoms with Crippen molar-refractivity contribution in [1.29, 1.82) is 0 Å². The van der Waals surface area contributed by atoms with Gasteiger partial charge in [-0.05, 0) is 30.7 Å². The predicted octanol–water partition coefficient (Wildman–Crippen LogP) is 5.36. The van der Waals surface area contributed by atoms with E-state index in [4.69, 9.17) is 0 Å². The molecule has 0 nitrogen and oxygen atoms in total. The van der Waals surface area contributed by atoms with Gasteiger partial charge in [-0.25, -0.2) is 0 Å². The van der Waals surface area contributed by atoms with Crippen molar-refractivity contribution >= 4 is 15.9 Å². The molecular weight excluding hydrogens is 317 g/mol. The maximum Gasteiger partial charge on any atom is 0.392 e. The lowest BCUT2D eigenvalue weighted by atomic mass is 9.76. The number of halogens is 4. The molecule has 0 aromatic heterocycles. The van der Waals surface area contributed by atoms with Crippen LogP contribution in [0.15, 0.2) is 30.3 Å². The number of benzene rings is 1. The smallest absolute Gasteiger partial charge is 0.171 e. The van der Waals surface area contributed by atoms with Gasteiger partial charge in [-0.3, -0.25) is 0 Å². The molecule has 4 heteroatoms. The molecule has 0 saturated heterocycles. The van der Waals surface area contributed by atoms with Crippen molar-refractivity contribution in [2.24, 2.45) is 11.8 Å². The molecule has 0 amide bonds. The lowest BCUT2D eigenvalue weighted by molar-refractivity contribution is -0.196. The Labute approximate surface area is 120 Å². The maximum atomic E-state index is 13.1. The van der Waals surface area contributed by atoms with E-state index in [0.29, 0.717) is 19.3 Å². The summed E-state index contributed by atoms with van der Waals surface area (Å²) in [6.45, 7) is 0.